The Bertz CT molecular complexity index is 3490. The van der Waals surface area contributed by atoms with Gasteiger partial charge in [0.25, 0.3) is 0 Å². The fourth-order valence-electron chi connectivity index (χ4n) is 9.14. The monoisotopic (exact) mass is 788 g/mol. The second kappa shape index (κ2) is 14.7. The third kappa shape index (κ3) is 6.08. The summed E-state index contributed by atoms with van der Waals surface area (Å²) in [4.78, 5) is 20.6. The summed E-state index contributed by atoms with van der Waals surface area (Å²) in [5.41, 5.74) is 9.32. The van der Waals surface area contributed by atoms with E-state index in [1.54, 1.807) is 0 Å². The van der Waals surface area contributed by atoms with E-state index in [1.165, 1.54) is 54.2 Å². The van der Waals surface area contributed by atoms with Crippen molar-refractivity contribution in [2.75, 3.05) is 0 Å². The Morgan fingerprint density at radius 1 is 0.242 bits per heavy atom. The van der Waals surface area contributed by atoms with Crippen LogP contribution in [0.1, 0.15) is 0 Å². The average Bonchev–Trinajstić information content (AvgIpc) is 3.36. The molecule has 0 aliphatic heterocycles. The van der Waals surface area contributed by atoms with Crippen molar-refractivity contribution in [3.63, 3.8) is 0 Å². The van der Waals surface area contributed by atoms with E-state index >= 15 is 0 Å². The maximum Gasteiger partial charge on any atom is 0.183 e. The molecule has 0 bridgehead atoms. The third-order valence-corrected chi connectivity index (χ3v) is 12.2. The van der Waals surface area contributed by atoms with Crippen LogP contribution in [0.3, 0.4) is 0 Å². The number of fused-ring (bicyclic) bond motifs is 7. The Morgan fingerprint density at radius 3 is 1.10 bits per heavy atom. The van der Waals surface area contributed by atoms with Crippen LogP contribution in [0, 0.1) is 0 Å². The molecule has 0 saturated heterocycles. The number of pyridine rings is 1. The van der Waals surface area contributed by atoms with Gasteiger partial charge in [0, 0.05) is 28.3 Å². The van der Waals surface area contributed by atoms with Crippen molar-refractivity contribution in [3.05, 3.63) is 219 Å². The van der Waals surface area contributed by atoms with Crippen LogP contribution >= 0.6 is 0 Å². The van der Waals surface area contributed by atoms with Crippen LogP contribution in [0.5, 0.6) is 0 Å². The molecule has 2 heterocycles. The molecule has 0 aliphatic rings. The smallest absolute Gasteiger partial charge is 0.183 e. The fourth-order valence-corrected chi connectivity index (χ4v) is 9.14. The quantitative estimate of drug-likeness (QED) is 0.158. The average molecular weight is 789 g/mol. The zero-order chi connectivity index (χ0) is 41.0. The molecule has 2 aromatic heterocycles. The van der Waals surface area contributed by atoms with Crippen LogP contribution in [-0.2, 0) is 0 Å². The highest BCUT2D eigenvalue weighted by Crippen LogP contribution is 2.39. The molecule has 12 aromatic rings. The SMILES string of the molecule is c1ccc(-c2cnc(-c3nc(-c4ccc(-c5cc6ccccc6c6ccccc56)cc4)nc(-c4ccc(-c5cc6ccccc6c6ccccc56)cc4)n3)c3ccccc23)cc1. The number of nitrogens with zero attached hydrogens (tertiary/aromatic N) is 4. The fraction of sp³-hybridized carbons (Fsp3) is 0. The molecule has 288 valence electrons. The molecule has 0 N–H and O–H groups in total. The van der Waals surface area contributed by atoms with E-state index in [0.717, 1.165) is 44.2 Å². The highest BCUT2D eigenvalue weighted by atomic mass is 15.0. The molecule has 0 saturated carbocycles. The highest BCUT2D eigenvalue weighted by molar-refractivity contribution is 6.15. The molecule has 0 amide bonds. The van der Waals surface area contributed by atoms with E-state index in [1.807, 2.05) is 12.3 Å². The minimum absolute atomic E-state index is 0.523. The maximum absolute atomic E-state index is 5.19. The van der Waals surface area contributed by atoms with Gasteiger partial charge in [-0.1, -0.05) is 200 Å². The summed E-state index contributed by atoms with van der Waals surface area (Å²) in [6, 6.07) is 75.1. The number of hydrogen-bond acceptors (Lipinski definition) is 4. The van der Waals surface area contributed by atoms with Crippen molar-refractivity contribution in [2.45, 2.75) is 0 Å². The van der Waals surface area contributed by atoms with Gasteiger partial charge < -0.3 is 0 Å². The molecule has 0 spiro atoms. The minimum atomic E-state index is 0.523. The number of hydrogen-bond donors (Lipinski definition) is 0. The third-order valence-electron chi connectivity index (χ3n) is 12.2. The Morgan fingerprint density at radius 2 is 0.597 bits per heavy atom. The van der Waals surface area contributed by atoms with Crippen LogP contribution in [0.15, 0.2) is 219 Å². The first-order valence-electron chi connectivity index (χ1n) is 21.0. The zero-order valence-electron chi connectivity index (χ0n) is 33.6. The van der Waals surface area contributed by atoms with E-state index in [0.29, 0.717) is 23.2 Å². The summed E-state index contributed by atoms with van der Waals surface area (Å²) < 4.78 is 0. The molecule has 0 aliphatic carbocycles. The first-order valence-corrected chi connectivity index (χ1v) is 21.0. The lowest BCUT2D eigenvalue weighted by Crippen LogP contribution is -2.02. The van der Waals surface area contributed by atoms with E-state index < -0.39 is 0 Å². The minimum Gasteiger partial charge on any atom is -0.252 e. The predicted molar refractivity (Wildman–Crippen MR) is 258 cm³/mol. The first-order chi connectivity index (χ1) is 30.7. The van der Waals surface area contributed by atoms with E-state index in [2.05, 4.69) is 206 Å². The molecule has 62 heavy (non-hydrogen) atoms. The summed E-state index contributed by atoms with van der Waals surface area (Å²) in [5.74, 6) is 1.69. The molecule has 0 radical (unpaired) electrons. The van der Waals surface area contributed by atoms with Crippen molar-refractivity contribution in [1.82, 2.24) is 19.9 Å². The van der Waals surface area contributed by atoms with Gasteiger partial charge in [-0.15, -0.1) is 0 Å². The van der Waals surface area contributed by atoms with Gasteiger partial charge in [-0.25, -0.2) is 15.0 Å². The van der Waals surface area contributed by atoms with E-state index in [9.17, 15) is 0 Å². The van der Waals surface area contributed by atoms with Crippen molar-refractivity contribution in [1.29, 1.82) is 0 Å². The number of rotatable bonds is 6. The van der Waals surface area contributed by atoms with Crippen molar-refractivity contribution >= 4 is 53.9 Å². The Hall–Kier alpha value is -8.34. The lowest BCUT2D eigenvalue weighted by Gasteiger charge is -2.14. The van der Waals surface area contributed by atoms with Gasteiger partial charge in [0.1, 0.15) is 5.69 Å². The van der Waals surface area contributed by atoms with Crippen LogP contribution < -0.4 is 0 Å². The standard InChI is InChI=1S/C58H36N4/c1-2-14-37(15-3-1)54-36-59-55(51-25-13-12-24-50(51)54)58-61-56(40-30-26-38(27-31-40)52-34-42-16-4-6-18-44(42)46-20-8-10-22-48(46)52)60-57(62-58)41-32-28-39(29-33-41)53-35-43-17-5-7-19-45(43)47-21-9-11-23-49(47)53/h1-36H. The summed E-state index contributed by atoms with van der Waals surface area (Å²) in [6.07, 6.45) is 1.95. The van der Waals surface area contributed by atoms with Gasteiger partial charge in [0.15, 0.2) is 17.5 Å². The topological polar surface area (TPSA) is 51.6 Å². The van der Waals surface area contributed by atoms with Crippen LogP contribution in [0.4, 0.5) is 0 Å². The summed E-state index contributed by atoms with van der Waals surface area (Å²) in [5, 5.41) is 11.9. The Kier molecular flexibility index (Phi) is 8.46. The molecular formula is C58H36N4. The van der Waals surface area contributed by atoms with Gasteiger partial charge in [-0.3, -0.25) is 4.98 Å². The largest absolute Gasteiger partial charge is 0.252 e. The Balaban J connectivity index is 1.00. The maximum atomic E-state index is 5.19. The lowest BCUT2D eigenvalue weighted by atomic mass is 9.93. The molecule has 4 heteroatoms. The van der Waals surface area contributed by atoms with Gasteiger partial charge in [0.2, 0.25) is 0 Å². The van der Waals surface area contributed by atoms with Gasteiger partial charge >= 0.3 is 0 Å². The number of aromatic nitrogens is 4. The first kappa shape index (κ1) is 35.6. The number of benzene rings is 10. The van der Waals surface area contributed by atoms with Gasteiger partial charge in [0.05, 0.1) is 0 Å². The van der Waals surface area contributed by atoms with Gasteiger partial charge in [-0.05, 0) is 88.4 Å². The van der Waals surface area contributed by atoms with Gasteiger partial charge in [-0.2, -0.15) is 0 Å². The highest BCUT2D eigenvalue weighted by Gasteiger charge is 2.18. The second-order valence-corrected chi connectivity index (χ2v) is 15.8. The van der Waals surface area contributed by atoms with Crippen LogP contribution in [-0.4, -0.2) is 19.9 Å². The summed E-state index contributed by atoms with van der Waals surface area (Å²) in [6.45, 7) is 0. The van der Waals surface area contributed by atoms with E-state index in [-0.39, 0.29) is 0 Å². The summed E-state index contributed by atoms with van der Waals surface area (Å²) in [7, 11) is 0. The van der Waals surface area contributed by atoms with Crippen molar-refractivity contribution < 1.29 is 0 Å². The molecular weight excluding hydrogens is 753 g/mol. The Labute approximate surface area is 358 Å². The summed E-state index contributed by atoms with van der Waals surface area (Å²) >= 11 is 0. The van der Waals surface area contributed by atoms with Crippen LogP contribution in [0.25, 0.3) is 122 Å². The predicted octanol–water partition coefficient (Wildman–Crippen LogP) is 15.0. The molecule has 12 rings (SSSR count). The molecule has 0 atom stereocenters. The normalized spacial score (nSPS) is 11.5. The van der Waals surface area contributed by atoms with Crippen LogP contribution in [0.2, 0.25) is 0 Å². The van der Waals surface area contributed by atoms with Crippen molar-refractivity contribution in [3.8, 4) is 67.7 Å². The second-order valence-electron chi connectivity index (χ2n) is 15.8. The lowest BCUT2D eigenvalue weighted by molar-refractivity contribution is 1.06. The molecule has 0 fully saturated rings. The molecule has 10 aromatic carbocycles. The zero-order valence-corrected chi connectivity index (χ0v) is 33.6. The molecule has 4 nitrogen and oxygen atoms in total. The van der Waals surface area contributed by atoms with Crippen molar-refractivity contribution in [2.24, 2.45) is 0 Å². The van der Waals surface area contributed by atoms with E-state index in [4.69, 9.17) is 19.9 Å². The molecule has 0 unspecified atom stereocenters.